The van der Waals surface area contributed by atoms with Crippen LogP contribution in [0.25, 0.3) is 0 Å². The molecule has 0 saturated heterocycles. The zero-order valence-corrected chi connectivity index (χ0v) is 13.2. The molecule has 2 heteroatoms. The molecule has 1 rings (SSSR count). The maximum atomic E-state index is 6.14. The normalized spacial score (nSPS) is 29.5. The van der Waals surface area contributed by atoms with Gasteiger partial charge in [-0.15, -0.1) is 0 Å². The van der Waals surface area contributed by atoms with E-state index in [1.165, 1.54) is 38.8 Å². The van der Waals surface area contributed by atoms with Gasteiger partial charge in [0.15, 0.2) is 0 Å². The van der Waals surface area contributed by atoms with Crippen LogP contribution in [0.15, 0.2) is 0 Å². The molecule has 0 spiro atoms. The van der Waals surface area contributed by atoms with Gasteiger partial charge in [0, 0.05) is 19.1 Å². The lowest BCUT2D eigenvalue weighted by Gasteiger charge is -2.43. The van der Waals surface area contributed by atoms with E-state index in [0.717, 1.165) is 18.4 Å². The highest BCUT2D eigenvalue weighted by atomic mass is 15.2. The van der Waals surface area contributed by atoms with E-state index >= 15 is 0 Å². The largest absolute Gasteiger partial charge is 0.330 e. The van der Waals surface area contributed by atoms with E-state index in [1.54, 1.807) is 0 Å². The molecule has 2 N–H and O–H groups in total. The Hall–Kier alpha value is -0.0800. The fourth-order valence-electron chi connectivity index (χ4n) is 3.16. The van der Waals surface area contributed by atoms with Crippen molar-refractivity contribution in [3.63, 3.8) is 0 Å². The van der Waals surface area contributed by atoms with Gasteiger partial charge in [0.2, 0.25) is 0 Å². The molecule has 1 aliphatic carbocycles. The van der Waals surface area contributed by atoms with E-state index in [0.29, 0.717) is 11.5 Å². The summed E-state index contributed by atoms with van der Waals surface area (Å²) in [6.07, 6.45) is 5.38. The van der Waals surface area contributed by atoms with Crippen molar-refractivity contribution in [2.75, 3.05) is 19.6 Å². The van der Waals surface area contributed by atoms with Crippen molar-refractivity contribution >= 4 is 0 Å². The van der Waals surface area contributed by atoms with Gasteiger partial charge < -0.3 is 10.6 Å². The first-order chi connectivity index (χ1) is 8.38. The van der Waals surface area contributed by atoms with Gasteiger partial charge in [-0.3, -0.25) is 0 Å². The molecule has 18 heavy (non-hydrogen) atoms. The van der Waals surface area contributed by atoms with Crippen LogP contribution in [0.1, 0.15) is 60.3 Å². The molecule has 0 unspecified atom stereocenters. The quantitative estimate of drug-likeness (QED) is 0.786. The molecule has 0 aromatic rings. The lowest BCUT2D eigenvalue weighted by molar-refractivity contribution is 0.0704. The highest BCUT2D eigenvalue weighted by Crippen LogP contribution is 2.39. The SMILES string of the molecule is CC(C)CN(CC1(CN)CCC(C)CC1)C(C)C. The van der Waals surface area contributed by atoms with Gasteiger partial charge in [0.25, 0.3) is 0 Å². The molecule has 0 amide bonds. The molecule has 1 saturated carbocycles. The highest BCUT2D eigenvalue weighted by molar-refractivity contribution is 4.89. The van der Waals surface area contributed by atoms with Gasteiger partial charge in [0.1, 0.15) is 0 Å². The Bertz CT molecular complexity index is 227. The topological polar surface area (TPSA) is 29.3 Å². The standard InChI is InChI=1S/C16H34N2/c1-13(2)10-18(14(3)4)12-16(11-17)8-6-15(5)7-9-16/h13-15H,6-12,17H2,1-5H3. The van der Waals surface area contributed by atoms with E-state index in [1.807, 2.05) is 0 Å². The molecule has 0 bridgehead atoms. The Morgan fingerprint density at radius 2 is 1.72 bits per heavy atom. The van der Waals surface area contributed by atoms with Crippen LogP contribution in [0, 0.1) is 17.3 Å². The maximum absolute atomic E-state index is 6.14. The van der Waals surface area contributed by atoms with Crippen LogP contribution in [0.2, 0.25) is 0 Å². The zero-order valence-electron chi connectivity index (χ0n) is 13.2. The summed E-state index contributed by atoms with van der Waals surface area (Å²) in [6, 6.07) is 0.634. The van der Waals surface area contributed by atoms with Crippen molar-refractivity contribution in [2.45, 2.75) is 66.3 Å². The average molecular weight is 254 g/mol. The summed E-state index contributed by atoms with van der Waals surface area (Å²) in [6.45, 7) is 14.9. The smallest absolute Gasteiger partial charge is 0.00529 e. The van der Waals surface area contributed by atoms with E-state index in [2.05, 4.69) is 39.5 Å². The molecule has 0 atom stereocenters. The molecule has 0 aliphatic heterocycles. The van der Waals surface area contributed by atoms with E-state index in [4.69, 9.17) is 5.73 Å². The van der Waals surface area contributed by atoms with E-state index < -0.39 is 0 Å². The lowest BCUT2D eigenvalue weighted by Crippen LogP contribution is -2.48. The fourth-order valence-corrected chi connectivity index (χ4v) is 3.16. The Balaban J connectivity index is 2.64. The number of hydrogen-bond donors (Lipinski definition) is 1. The summed E-state index contributed by atoms with van der Waals surface area (Å²) in [5.41, 5.74) is 6.53. The van der Waals surface area contributed by atoms with Gasteiger partial charge in [0.05, 0.1) is 0 Å². The van der Waals surface area contributed by atoms with Gasteiger partial charge in [-0.2, -0.15) is 0 Å². The van der Waals surface area contributed by atoms with Crippen LogP contribution in [0.3, 0.4) is 0 Å². The molecule has 0 heterocycles. The average Bonchev–Trinajstić information content (AvgIpc) is 2.31. The Morgan fingerprint density at radius 1 is 1.17 bits per heavy atom. The highest BCUT2D eigenvalue weighted by Gasteiger charge is 2.35. The maximum Gasteiger partial charge on any atom is 0.00529 e. The van der Waals surface area contributed by atoms with Gasteiger partial charge >= 0.3 is 0 Å². The summed E-state index contributed by atoms with van der Waals surface area (Å²) in [5, 5.41) is 0. The first-order valence-corrected chi connectivity index (χ1v) is 7.82. The van der Waals surface area contributed by atoms with Gasteiger partial charge in [-0.25, -0.2) is 0 Å². The van der Waals surface area contributed by atoms with Crippen molar-refractivity contribution in [2.24, 2.45) is 23.0 Å². The van der Waals surface area contributed by atoms with Crippen molar-refractivity contribution in [3.05, 3.63) is 0 Å². The number of nitrogens with zero attached hydrogens (tertiary/aromatic N) is 1. The van der Waals surface area contributed by atoms with Crippen LogP contribution in [-0.2, 0) is 0 Å². The molecule has 1 aliphatic rings. The van der Waals surface area contributed by atoms with Crippen molar-refractivity contribution < 1.29 is 0 Å². The van der Waals surface area contributed by atoms with Crippen molar-refractivity contribution in [3.8, 4) is 0 Å². The molecular formula is C16H34N2. The molecule has 1 fully saturated rings. The summed E-state index contributed by atoms with van der Waals surface area (Å²) >= 11 is 0. The van der Waals surface area contributed by atoms with Crippen LogP contribution in [0.5, 0.6) is 0 Å². The Morgan fingerprint density at radius 3 is 2.11 bits per heavy atom. The number of rotatable bonds is 6. The monoisotopic (exact) mass is 254 g/mol. The minimum Gasteiger partial charge on any atom is -0.330 e. The first-order valence-electron chi connectivity index (χ1n) is 7.82. The number of hydrogen-bond acceptors (Lipinski definition) is 2. The molecular weight excluding hydrogens is 220 g/mol. The molecule has 2 nitrogen and oxygen atoms in total. The fraction of sp³-hybridized carbons (Fsp3) is 1.00. The van der Waals surface area contributed by atoms with Crippen molar-refractivity contribution in [1.82, 2.24) is 4.90 Å². The van der Waals surface area contributed by atoms with Crippen molar-refractivity contribution in [1.29, 1.82) is 0 Å². The Kier molecular flexibility index (Phi) is 6.13. The van der Waals surface area contributed by atoms with Gasteiger partial charge in [-0.05, 0) is 50.5 Å². The molecule has 0 radical (unpaired) electrons. The minimum absolute atomic E-state index is 0.395. The summed E-state index contributed by atoms with van der Waals surface area (Å²) in [4.78, 5) is 2.65. The predicted octanol–water partition coefficient (Wildman–Crippen LogP) is 3.51. The Labute approximate surface area is 114 Å². The second kappa shape index (κ2) is 6.91. The third kappa shape index (κ3) is 4.55. The molecule has 0 aromatic heterocycles. The third-order valence-electron chi connectivity index (χ3n) is 4.64. The number of nitrogens with two attached hydrogens (primary N) is 1. The molecule has 0 aromatic carbocycles. The first kappa shape index (κ1) is 16.0. The van der Waals surface area contributed by atoms with Crippen LogP contribution >= 0.6 is 0 Å². The minimum atomic E-state index is 0.395. The van der Waals surface area contributed by atoms with Crippen LogP contribution < -0.4 is 5.73 Å². The zero-order chi connectivity index (χ0) is 13.8. The van der Waals surface area contributed by atoms with Gasteiger partial charge in [-0.1, -0.05) is 33.6 Å². The summed E-state index contributed by atoms with van der Waals surface area (Å²) in [7, 11) is 0. The van der Waals surface area contributed by atoms with Crippen LogP contribution in [0.4, 0.5) is 0 Å². The molecule has 108 valence electrons. The third-order valence-corrected chi connectivity index (χ3v) is 4.64. The second-order valence-electron chi connectivity index (χ2n) is 7.30. The van der Waals surface area contributed by atoms with Crippen LogP contribution in [-0.4, -0.2) is 30.6 Å². The second-order valence-corrected chi connectivity index (χ2v) is 7.30. The summed E-state index contributed by atoms with van der Waals surface area (Å²) < 4.78 is 0. The lowest BCUT2D eigenvalue weighted by atomic mass is 9.70. The van der Waals surface area contributed by atoms with E-state index in [9.17, 15) is 0 Å². The predicted molar refractivity (Wildman–Crippen MR) is 80.7 cm³/mol. The summed E-state index contributed by atoms with van der Waals surface area (Å²) in [5.74, 6) is 1.65. The van der Waals surface area contributed by atoms with E-state index in [-0.39, 0.29) is 0 Å².